The van der Waals surface area contributed by atoms with E-state index in [0.29, 0.717) is 12.3 Å². The van der Waals surface area contributed by atoms with E-state index in [0.717, 1.165) is 10.8 Å². The molecule has 0 saturated heterocycles. The standard InChI is InChI=1S/C10H14N4OS/c1-11-6-8(15)7-16-10-13-12-9-4-2-3-5-14(9)10/h2-5,8,11,15H,6-7H2,1H3. The fourth-order valence-electron chi connectivity index (χ4n) is 1.38. The number of nitrogens with zero attached hydrogens (tertiary/aromatic N) is 3. The van der Waals surface area contributed by atoms with Crippen molar-refractivity contribution in [2.24, 2.45) is 0 Å². The molecule has 2 N–H and O–H groups in total. The third-order valence-corrected chi connectivity index (χ3v) is 3.22. The molecule has 0 fully saturated rings. The van der Waals surface area contributed by atoms with E-state index in [-0.39, 0.29) is 6.10 Å². The molecule has 6 heteroatoms. The zero-order valence-electron chi connectivity index (χ0n) is 9.00. The van der Waals surface area contributed by atoms with Crippen LogP contribution in [-0.2, 0) is 0 Å². The fraction of sp³-hybridized carbons (Fsp3) is 0.400. The van der Waals surface area contributed by atoms with E-state index in [1.54, 1.807) is 0 Å². The second-order valence-electron chi connectivity index (χ2n) is 3.43. The zero-order valence-corrected chi connectivity index (χ0v) is 9.81. The molecule has 5 nitrogen and oxygen atoms in total. The average molecular weight is 238 g/mol. The van der Waals surface area contributed by atoms with Crippen LogP contribution in [-0.4, -0.2) is 45.2 Å². The van der Waals surface area contributed by atoms with Crippen LogP contribution in [0.5, 0.6) is 0 Å². The van der Waals surface area contributed by atoms with Gasteiger partial charge in [-0.1, -0.05) is 17.8 Å². The number of aromatic nitrogens is 3. The molecule has 0 aliphatic carbocycles. The minimum absolute atomic E-state index is 0.369. The predicted molar refractivity (Wildman–Crippen MR) is 63.6 cm³/mol. The van der Waals surface area contributed by atoms with Gasteiger partial charge >= 0.3 is 0 Å². The smallest absolute Gasteiger partial charge is 0.195 e. The molecule has 2 rings (SSSR count). The van der Waals surface area contributed by atoms with Crippen LogP contribution in [0.1, 0.15) is 0 Å². The summed E-state index contributed by atoms with van der Waals surface area (Å²) in [6.07, 6.45) is 1.55. The molecular weight excluding hydrogens is 224 g/mol. The van der Waals surface area contributed by atoms with Crippen molar-refractivity contribution in [3.63, 3.8) is 0 Å². The minimum Gasteiger partial charge on any atom is -0.391 e. The van der Waals surface area contributed by atoms with Crippen LogP contribution in [0.25, 0.3) is 5.65 Å². The molecule has 86 valence electrons. The van der Waals surface area contributed by atoms with Gasteiger partial charge in [0, 0.05) is 18.5 Å². The number of likely N-dealkylation sites (N-methyl/N-ethyl adjacent to an activating group) is 1. The van der Waals surface area contributed by atoms with Crippen molar-refractivity contribution in [3.05, 3.63) is 24.4 Å². The molecule has 1 atom stereocenters. The molecule has 2 heterocycles. The van der Waals surface area contributed by atoms with Crippen LogP contribution in [0, 0.1) is 0 Å². The van der Waals surface area contributed by atoms with Crippen molar-refractivity contribution in [3.8, 4) is 0 Å². The van der Waals surface area contributed by atoms with Crippen molar-refractivity contribution in [2.45, 2.75) is 11.3 Å². The second kappa shape index (κ2) is 5.29. The number of pyridine rings is 1. The molecule has 2 aromatic rings. The summed E-state index contributed by atoms with van der Waals surface area (Å²) in [5.74, 6) is 0.608. The van der Waals surface area contributed by atoms with Gasteiger partial charge in [-0.05, 0) is 19.2 Å². The summed E-state index contributed by atoms with van der Waals surface area (Å²) < 4.78 is 1.91. The van der Waals surface area contributed by atoms with Crippen LogP contribution < -0.4 is 5.32 Å². The highest BCUT2D eigenvalue weighted by Crippen LogP contribution is 2.17. The summed E-state index contributed by atoms with van der Waals surface area (Å²) in [4.78, 5) is 0. The van der Waals surface area contributed by atoms with Gasteiger partial charge in [0.2, 0.25) is 0 Å². The number of aliphatic hydroxyl groups is 1. The van der Waals surface area contributed by atoms with Gasteiger partial charge in [-0.25, -0.2) is 0 Å². The number of nitrogens with one attached hydrogen (secondary N) is 1. The number of thioether (sulfide) groups is 1. The van der Waals surface area contributed by atoms with E-state index in [9.17, 15) is 5.11 Å². The predicted octanol–water partition coefficient (Wildman–Crippen LogP) is 0.402. The number of hydrogen-bond acceptors (Lipinski definition) is 5. The average Bonchev–Trinajstić information content (AvgIpc) is 2.70. The maximum absolute atomic E-state index is 9.58. The maximum Gasteiger partial charge on any atom is 0.195 e. The molecule has 0 aliphatic rings. The SMILES string of the molecule is CNCC(O)CSc1nnc2ccccn12. The van der Waals surface area contributed by atoms with Gasteiger partial charge in [0.05, 0.1) is 6.10 Å². The Labute approximate surface area is 97.9 Å². The minimum atomic E-state index is -0.369. The van der Waals surface area contributed by atoms with Gasteiger partial charge < -0.3 is 10.4 Å². The van der Waals surface area contributed by atoms with Crippen LogP contribution in [0.4, 0.5) is 0 Å². The Balaban J connectivity index is 2.04. The molecular formula is C10H14N4OS. The lowest BCUT2D eigenvalue weighted by molar-refractivity contribution is 0.199. The third-order valence-electron chi connectivity index (χ3n) is 2.13. The number of aliphatic hydroxyl groups excluding tert-OH is 1. The first-order valence-corrected chi connectivity index (χ1v) is 6.05. The lowest BCUT2D eigenvalue weighted by Gasteiger charge is -2.07. The first-order valence-electron chi connectivity index (χ1n) is 5.06. The van der Waals surface area contributed by atoms with Crippen LogP contribution in [0.2, 0.25) is 0 Å². The molecule has 0 bridgehead atoms. The Morgan fingerprint density at radius 2 is 2.38 bits per heavy atom. The van der Waals surface area contributed by atoms with Crippen LogP contribution in [0.15, 0.2) is 29.6 Å². The normalized spacial score (nSPS) is 13.1. The Morgan fingerprint density at radius 1 is 1.50 bits per heavy atom. The molecule has 1 unspecified atom stereocenters. The number of rotatable bonds is 5. The number of fused-ring (bicyclic) bond motifs is 1. The van der Waals surface area contributed by atoms with Crippen molar-refractivity contribution in [1.82, 2.24) is 19.9 Å². The largest absolute Gasteiger partial charge is 0.391 e. The van der Waals surface area contributed by atoms with Crippen LogP contribution >= 0.6 is 11.8 Å². The van der Waals surface area contributed by atoms with E-state index in [2.05, 4.69) is 15.5 Å². The van der Waals surface area contributed by atoms with Crippen molar-refractivity contribution < 1.29 is 5.11 Å². The molecule has 0 aliphatic heterocycles. The van der Waals surface area contributed by atoms with Gasteiger partial charge in [0.25, 0.3) is 0 Å². The number of hydrogen-bond donors (Lipinski definition) is 2. The Kier molecular flexibility index (Phi) is 3.76. The molecule has 16 heavy (non-hydrogen) atoms. The van der Waals surface area contributed by atoms with E-state index < -0.39 is 0 Å². The maximum atomic E-state index is 9.58. The quantitative estimate of drug-likeness (QED) is 0.738. The van der Waals surface area contributed by atoms with Gasteiger partial charge in [0.1, 0.15) is 0 Å². The first-order chi connectivity index (χ1) is 7.81. The van der Waals surface area contributed by atoms with E-state index in [1.165, 1.54) is 11.8 Å². The topological polar surface area (TPSA) is 62.5 Å². The molecule has 2 aromatic heterocycles. The highest BCUT2D eigenvalue weighted by molar-refractivity contribution is 7.99. The summed E-state index contributed by atoms with van der Waals surface area (Å²) in [7, 11) is 1.82. The molecule has 0 radical (unpaired) electrons. The molecule has 0 saturated carbocycles. The van der Waals surface area contributed by atoms with E-state index in [4.69, 9.17) is 0 Å². The Hall–Kier alpha value is -1.11. The van der Waals surface area contributed by atoms with Gasteiger partial charge in [-0.15, -0.1) is 10.2 Å². The van der Waals surface area contributed by atoms with Crippen LogP contribution in [0.3, 0.4) is 0 Å². The fourth-order valence-corrected chi connectivity index (χ4v) is 2.23. The monoisotopic (exact) mass is 238 g/mol. The van der Waals surface area contributed by atoms with Gasteiger partial charge in [0.15, 0.2) is 10.8 Å². The summed E-state index contributed by atoms with van der Waals surface area (Å²) in [6.45, 7) is 0.587. The summed E-state index contributed by atoms with van der Waals surface area (Å²) in [5, 5.41) is 21.4. The van der Waals surface area contributed by atoms with E-state index in [1.807, 2.05) is 35.8 Å². The third kappa shape index (κ3) is 2.52. The van der Waals surface area contributed by atoms with Gasteiger partial charge in [-0.2, -0.15) is 0 Å². The highest BCUT2D eigenvalue weighted by atomic mass is 32.2. The lowest BCUT2D eigenvalue weighted by Crippen LogP contribution is -2.25. The second-order valence-corrected chi connectivity index (χ2v) is 4.42. The Bertz CT molecular complexity index is 459. The summed E-state index contributed by atoms with van der Waals surface area (Å²) >= 11 is 1.50. The van der Waals surface area contributed by atoms with Gasteiger partial charge in [-0.3, -0.25) is 4.40 Å². The zero-order chi connectivity index (χ0) is 11.4. The first kappa shape index (κ1) is 11.4. The highest BCUT2D eigenvalue weighted by Gasteiger charge is 2.08. The molecule has 0 spiro atoms. The molecule has 0 aromatic carbocycles. The summed E-state index contributed by atoms with van der Waals surface area (Å²) in [5.41, 5.74) is 0.827. The summed E-state index contributed by atoms with van der Waals surface area (Å²) in [6, 6.07) is 5.76. The van der Waals surface area contributed by atoms with Crippen molar-refractivity contribution >= 4 is 17.4 Å². The lowest BCUT2D eigenvalue weighted by atomic mass is 10.4. The molecule has 0 amide bonds. The van der Waals surface area contributed by atoms with E-state index >= 15 is 0 Å². The van der Waals surface area contributed by atoms with Crippen molar-refractivity contribution in [2.75, 3.05) is 19.3 Å². The van der Waals surface area contributed by atoms with Crippen molar-refractivity contribution in [1.29, 1.82) is 0 Å². The Morgan fingerprint density at radius 3 is 3.19 bits per heavy atom.